The molecule has 3 rings (SSSR count). The van der Waals surface area contributed by atoms with E-state index in [1.54, 1.807) is 11.0 Å². The molecule has 2 fully saturated rings. The van der Waals surface area contributed by atoms with E-state index < -0.39 is 23.9 Å². The van der Waals surface area contributed by atoms with Crippen LogP contribution < -0.4 is 16.0 Å². The first-order valence-corrected chi connectivity index (χ1v) is 14.0. The molecule has 1 aromatic rings. The summed E-state index contributed by atoms with van der Waals surface area (Å²) < 4.78 is 51.0. The van der Waals surface area contributed by atoms with Gasteiger partial charge in [0.05, 0.1) is 25.4 Å². The maximum absolute atomic E-state index is 13.5. The number of halogens is 3. The number of alkyl carbamates (subject to hydrolysis) is 1. The number of hydrogen-bond acceptors (Lipinski definition) is 5. The SMILES string of the molecule is CNCC(CC1CCCCC1)NC(=O)N1CCCC(C(OCCNC(=O)OC)c2cccc(C(F)(F)F)c2)C1. The van der Waals surface area contributed by atoms with Crippen LogP contribution in [0.2, 0.25) is 0 Å². The number of alkyl halides is 3. The van der Waals surface area contributed by atoms with Crippen LogP contribution in [0.1, 0.15) is 68.6 Å². The molecule has 11 heteroatoms. The zero-order chi connectivity index (χ0) is 28.3. The lowest BCUT2D eigenvalue weighted by Gasteiger charge is -2.38. The molecule has 3 N–H and O–H groups in total. The van der Waals surface area contributed by atoms with E-state index in [1.165, 1.54) is 45.3 Å². The van der Waals surface area contributed by atoms with E-state index in [1.807, 2.05) is 7.05 Å². The normalized spacial score (nSPS) is 20.2. The monoisotopic (exact) mass is 556 g/mol. The van der Waals surface area contributed by atoms with Crippen LogP contribution >= 0.6 is 0 Å². The maximum atomic E-state index is 13.5. The van der Waals surface area contributed by atoms with E-state index in [0.717, 1.165) is 25.0 Å². The number of benzene rings is 1. The number of nitrogens with one attached hydrogen (secondary N) is 3. The summed E-state index contributed by atoms with van der Waals surface area (Å²) in [6, 6.07) is 5.03. The summed E-state index contributed by atoms with van der Waals surface area (Å²) in [5.74, 6) is 0.413. The molecule has 1 aliphatic carbocycles. The van der Waals surface area contributed by atoms with Gasteiger partial charge in [0.1, 0.15) is 0 Å². The van der Waals surface area contributed by atoms with Gasteiger partial charge in [-0.2, -0.15) is 13.2 Å². The summed E-state index contributed by atoms with van der Waals surface area (Å²) in [6.07, 6.45) is 2.76. The van der Waals surface area contributed by atoms with Crippen LogP contribution in [0.5, 0.6) is 0 Å². The van der Waals surface area contributed by atoms with Crippen LogP contribution in [0.4, 0.5) is 22.8 Å². The summed E-state index contributed by atoms with van der Waals surface area (Å²) in [5.41, 5.74) is -0.343. The molecule has 3 unspecified atom stereocenters. The minimum atomic E-state index is -4.48. The minimum absolute atomic E-state index is 0.0193. The van der Waals surface area contributed by atoms with Crippen molar-refractivity contribution in [2.75, 3.05) is 46.9 Å². The van der Waals surface area contributed by atoms with Crippen LogP contribution in [0.3, 0.4) is 0 Å². The molecule has 0 aromatic heterocycles. The standard InChI is InChI=1S/C28H43F3N4O4/c1-32-18-24(16-20-8-4-3-5-9-20)34-26(36)35-14-7-11-22(19-35)25(39-15-13-33-27(37)38-2)21-10-6-12-23(17-21)28(29,30)31/h6,10,12,17,20,22,24-25,32H,3-5,7-9,11,13-16,18-19H2,1-2H3,(H,33,37)(H,34,36). The Labute approximate surface area is 229 Å². The number of likely N-dealkylation sites (N-methyl/N-ethyl adjacent to an activating group) is 1. The zero-order valence-corrected chi connectivity index (χ0v) is 23.0. The van der Waals surface area contributed by atoms with Crippen molar-refractivity contribution in [1.29, 1.82) is 0 Å². The average Bonchev–Trinajstić information content (AvgIpc) is 2.93. The highest BCUT2D eigenvalue weighted by atomic mass is 19.4. The fourth-order valence-electron chi connectivity index (χ4n) is 5.78. The second-order valence-electron chi connectivity index (χ2n) is 10.6. The summed E-state index contributed by atoms with van der Waals surface area (Å²) in [5, 5.41) is 8.92. The number of nitrogens with zero attached hydrogens (tertiary/aromatic N) is 1. The first kappa shape index (κ1) is 31.0. The Bertz CT molecular complexity index is 911. The number of carbonyl (C=O) groups is 2. The van der Waals surface area contributed by atoms with E-state index in [2.05, 4.69) is 20.7 Å². The van der Waals surface area contributed by atoms with Crippen LogP contribution in [0.15, 0.2) is 24.3 Å². The highest BCUT2D eigenvalue weighted by Crippen LogP contribution is 2.36. The number of piperidine rings is 1. The molecule has 1 aliphatic heterocycles. The Hall–Kier alpha value is -2.53. The number of likely N-dealkylation sites (tertiary alicyclic amines) is 1. The van der Waals surface area contributed by atoms with Crippen molar-refractivity contribution in [3.8, 4) is 0 Å². The van der Waals surface area contributed by atoms with Gasteiger partial charge in [-0.05, 0) is 49.9 Å². The number of hydrogen-bond donors (Lipinski definition) is 3. The second-order valence-corrected chi connectivity index (χ2v) is 10.6. The molecule has 2 aliphatic rings. The smallest absolute Gasteiger partial charge is 0.416 e. The van der Waals surface area contributed by atoms with Crippen molar-refractivity contribution in [2.24, 2.45) is 11.8 Å². The van der Waals surface area contributed by atoms with E-state index in [4.69, 9.17) is 4.74 Å². The predicted molar refractivity (Wildman–Crippen MR) is 142 cm³/mol. The van der Waals surface area contributed by atoms with E-state index in [0.29, 0.717) is 37.5 Å². The lowest BCUT2D eigenvalue weighted by molar-refractivity contribution is -0.137. The molecule has 0 spiro atoms. The molecule has 1 aromatic carbocycles. The third-order valence-corrected chi connectivity index (χ3v) is 7.69. The molecule has 3 amide bonds. The van der Waals surface area contributed by atoms with Crippen molar-refractivity contribution in [2.45, 2.75) is 69.7 Å². The molecule has 220 valence electrons. The fraction of sp³-hybridized carbons (Fsp3) is 0.714. The van der Waals surface area contributed by atoms with Gasteiger partial charge < -0.3 is 30.3 Å². The summed E-state index contributed by atoms with van der Waals surface area (Å²) >= 11 is 0. The van der Waals surface area contributed by atoms with Gasteiger partial charge >= 0.3 is 18.3 Å². The van der Waals surface area contributed by atoms with Crippen LogP contribution in [0.25, 0.3) is 0 Å². The average molecular weight is 557 g/mol. The van der Waals surface area contributed by atoms with Gasteiger partial charge in [0.15, 0.2) is 0 Å². The van der Waals surface area contributed by atoms with Crippen LogP contribution in [-0.4, -0.2) is 70.0 Å². The number of rotatable bonds is 11. The molecule has 1 saturated heterocycles. The van der Waals surface area contributed by atoms with Gasteiger partial charge in [-0.3, -0.25) is 0 Å². The Morgan fingerprint density at radius 1 is 1.13 bits per heavy atom. The topological polar surface area (TPSA) is 91.9 Å². The molecule has 39 heavy (non-hydrogen) atoms. The Morgan fingerprint density at radius 2 is 1.90 bits per heavy atom. The summed E-state index contributed by atoms with van der Waals surface area (Å²) in [6.45, 7) is 1.86. The van der Waals surface area contributed by atoms with Gasteiger partial charge in [0.2, 0.25) is 0 Å². The second kappa shape index (κ2) is 15.3. The third-order valence-electron chi connectivity index (χ3n) is 7.69. The van der Waals surface area contributed by atoms with Gasteiger partial charge in [0, 0.05) is 38.1 Å². The molecule has 8 nitrogen and oxygen atoms in total. The lowest BCUT2D eigenvalue weighted by atomic mass is 9.85. The third kappa shape index (κ3) is 9.86. The minimum Gasteiger partial charge on any atom is -0.453 e. The Morgan fingerprint density at radius 3 is 2.59 bits per heavy atom. The first-order chi connectivity index (χ1) is 18.7. The van der Waals surface area contributed by atoms with Crippen LogP contribution in [-0.2, 0) is 15.7 Å². The van der Waals surface area contributed by atoms with E-state index >= 15 is 0 Å². The predicted octanol–water partition coefficient (Wildman–Crippen LogP) is 5.10. The van der Waals surface area contributed by atoms with Gasteiger partial charge in [0.25, 0.3) is 0 Å². The number of carbonyl (C=O) groups excluding carboxylic acids is 2. The van der Waals surface area contributed by atoms with Crippen molar-refractivity contribution in [1.82, 2.24) is 20.9 Å². The van der Waals surface area contributed by atoms with Crippen molar-refractivity contribution >= 4 is 12.1 Å². The molecular formula is C28H43F3N4O4. The molecule has 1 saturated carbocycles. The zero-order valence-electron chi connectivity index (χ0n) is 23.0. The number of amides is 3. The molecule has 0 radical (unpaired) electrons. The highest BCUT2D eigenvalue weighted by molar-refractivity contribution is 5.74. The molecule has 1 heterocycles. The quantitative estimate of drug-likeness (QED) is 0.330. The molecule has 3 atom stereocenters. The van der Waals surface area contributed by atoms with Gasteiger partial charge in [-0.25, -0.2) is 9.59 Å². The van der Waals surface area contributed by atoms with Gasteiger partial charge in [-0.15, -0.1) is 0 Å². The first-order valence-electron chi connectivity index (χ1n) is 14.0. The fourth-order valence-corrected chi connectivity index (χ4v) is 5.78. The highest BCUT2D eigenvalue weighted by Gasteiger charge is 2.35. The molecule has 0 bridgehead atoms. The number of ether oxygens (including phenoxy) is 2. The Balaban J connectivity index is 1.69. The van der Waals surface area contributed by atoms with Crippen molar-refractivity contribution in [3.05, 3.63) is 35.4 Å². The van der Waals surface area contributed by atoms with E-state index in [9.17, 15) is 22.8 Å². The van der Waals surface area contributed by atoms with Crippen molar-refractivity contribution in [3.63, 3.8) is 0 Å². The summed E-state index contributed by atoms with van der Waals surface area (Å²) in [7, 11) is 3.13. The lowest BCUT2D eigenvalue weighted by Crippen LogP contribution is -2.52. The number of methoxy groups -OCH3 is 1. The van der Waals surface area contributed by atoms with Crippen molar-refractivity contribution < 1.29 is 32.2 Å². The van der Waals surface area contributed by atoms with E-state index in [-0.39, 0.29) is 31.1 Å². The largest absolute Gasteiger partial charge is 0.453 e. The number of urea groups is 1. The maximum Gasteiger partial charge on any atom is 0.416 e. The Kier molecular flexibility index (Phi) is 12.2. The molecular weight excluding hydrogens is 513 g/mol. The summed E-state index contributed by atoms with van der Waals surface area (Å²) in [4.78, 5) is 26.5. The van der Waals surface area contributed by atoms with Gasteiger partial charge in [-0.1, -0.05) is 44.2 Å². The van der Waals surface area contributed by atoms with Crippen LogP contribution in [0, 0.1) is 11.8 Å².